The summed E-state index contributed by atoms with van der Waals surface area (Å²) in [6.07, 6.45) is 4.03. The van der Waals surface area contributed by atoms with Crippen molar-refractivity contribution in [3.8, 4) is 0 Å². The Hall–Kier alpha value is -7.21. The minimum absolute atomic E-state index is 0.000147. The number of nitrogens with zero attached hydrogens (tertiary/aromatic N) is 1. The Morgan fingerprint density at radius 2 is 1.08 bits per heavy atom. The summed E-state index contributed by atoms with van der Waals surface area (Å²) in [7, 11) is 0. The molecular weight excluding hydrogens is 819 g/mol. The van der Waals surface area contributed by atoms with Crippen molar-refractivity contribution >= 4 is 63.3 Å². The third-order valence-electron chi connectivity index (χ3n) is 10.8. The average Bonchev–Trinajstić information content (AvgIpc) is 3.87. The molecule has 340 valence electrons. The van der Waals surface area contributed by atoms with Crippen molar-refractivity contribution in [1.29, 1.82) is 0 Å². The number of aliphatic imine (C=N–C) groups is 1. The normalized spacial score (nSPS) is 14.1. The Morgan fingerprint density at radius 3 is 1.58 bits per heavy atom. The van der Waals surface area contributed by atoms with Crippen LogP contribution in [0.15, 0.2) is 96.2 Å². The second kappa shape index (κ2) is 22.8. The van der Waals surface area contributed by atoms with Crippen LogP contribution in [0.3, 0.4) is 0 Å². The summed E-state index contributed by atoms with van der Waals surface area (Å²) in [5, 5.41) is 25.3. The number of aromatic nitrogens is 2. The van der Waals surface area contributed by atoms with Gasteiger partial charge in [0.1, 0.15) is 30.2 Å². The lowest BCUT2D eigenvalue weighted by molar-refractivity contribution is -0.142. The maximum atomic E-state index is 14.6. The second-order valence-corrected chi connectivity index (χ2v) is 16.3. The fourth-order valence-corrected chi connectivity index (χ4v) is 7.39. The molecule has 5 aromatic rings. The number of benzene rings is 3. The minimum atomic E-state index is -1.34. The van der Waals surface area contributed by atoms with Gasteiger partial charge in [-0.1, -0.05) is 80.6 Å². The number of aliphatic carboxylic acids is 1. The van der Waals surface area contributed by atoms with Crippen molar-refractivity contribution in [2.75, 3.05) is 6.54 Å². The van der Waals surface area contributed by atoms with Crippen molar-refractivity contribution in [1.82, 2.24) is 36.6 Å². The van der Waals surface area contributed by atoms with Crippen LogP contribution in [-0.4, -0.2) is 99.3 Å². The van der Waals surface area contributed by atoms with Crippen molar-refractivity contribution < 1.29 is 33.9 Å². The number of carboxylic acids is 1. The topological polar surface area (TPSA) is 305 Å². The first-order valence-corrected chi connectivity index (χ1v) is 21.3. The van der Waals surface area contributed by atoms with Gasteiger partial charge in [-0.15, -0.1) is 0 Å². The number of nitrogens with two attached hydrogens (primary N) is 3. The van der Waals surface area contributed by atoms with Crippen LogP contribution in [0.25, 0.3) is 21.8 Å². The number of carbonyl (C=O) groups excluding carboxylic acids is 5. The van der Waals surface area contributed by atoms with Crippen molar-refractivity contribution in [2.24, 2.45) is 28.1 Å². The van der Waals surface area contributed by atoms with Crippen molar-refractivity contribution in [2.45, 2.75) is 95.5 Å². The molecule has 0 aliphatic carbocycles. The Bertz CT molecular complexity index is 2430. The summed E-state index contributed by atoms with van der Waals surface area (Å²) in [6, 6.07) is 16.7. The lowest BCUT2D eigenvalue weighted by Gasteiger charge is -2.27. The molecule has 0 saturated carbocycles. The number of hydrogen-bond acceptors (Lipinski definition) is 8. The van der Waals surface area contributed by atoms with Crippen molar-refractivity contribution in [3.05, 3.63) is 108 Å². The molecule has 18 heteroatoms. The lowest BCUT2D eigenvalue weighted by Crippen LogP contribution is -2.60. The number of carboxylic acid groups (broad SMARTS) is 1. The van der Waals surface area contributed by atoms with E-state index in [4.69, 9.17) is 17.2 Å². The summed E-state index contributed by atoms with van der Waals surface area (Å²) in [4.78, 5) is 92.3. The molecule has 5 amide bonds. The van der Waals surface area contributed by atoms with Gasteiger partial charge in [0.2, 0.25) is 29.5 Å². The van der Waals surface area contributed by atoms with E-state index in [9.17, 15) is 33.9 Å². The Morgan fingerprint density at radius 1 is 0.609 bits per heavy atom. The summed E-state index contributed by atoms with van der Waals surface area (Å²) < 4.78 is 0. The zero-order valence-electron chi connectivity index (χ0n) is 36.2. The number of nitrogens with one attached hydrogen (secondary N) is 7. The largest absolute Gasteiger partial charge is 0.480 e. The van der Waals surface area contributed by atoms with Gasteiger partial charge in [0.25, 0.3) is 0 Å². The molecule has 64 heavy (non-hydrogen) atoms. The number of carbonyl (C=O) groups is 6. The maximum Gasteiger partial charge on any atom is 0.326 e. The third-order valence-corrected chi connectivity index (χ3v) is 10.8. The van der Waals surface area contributed by atoms with Gasteiger partial charge in [-0.05, 0) is 60.9 Å². The van der Waals surface area contributed by atoms with Crippen LogP contribution < -0.4 is 43.8 Å². The van der Waals surface area contributed by atoms with Crippen LogP contribution in [0, 0.1) is 5.92 Å². The van der Waals surface area contributed by atoms with Gasteiger partial charge >= 0.3 is 5.97 Å². The smallest absolute Gasteiger partial charge is 0.326 e. The average molecular weight is 878 g/mol. The van der Waals surface area contributed by atoms with E-state index in [1.807, 2.05) is 62.4 Å². The number of amides is 5. The van der Waals surface area contributed by atoms with Crippen LogP contribution in [0.1, 0.15) is 56.7 Å². The molecule has 18 nitrogen and oxygen atoms in total. The molecule has 3 aromatic carbocycles. The Labute approximate surface area is 371 Å². The van der Waals surface area contributed by atoms with Crippen molar-refractivity contribution in [3.63, 3.8) is 0 Å². The predicted molar refractivity (Wildman–Crippen MR) is 244 cm³/mol. The van der Waals surface area contributed by atoms with E-state index in [0.717, 1.165) is 21.8 Å². The molecule has 0 bridgehead atoms. The number of para-hydroxylation sites is 2. The van der Waals surface area contributed by atoms with E-state index in [-0.39, 0.29) is 50.5 Å². The molecule has 5 rings (SSSR count). The zero-order chi connectivity index (χ0) is 46.3. The van der Waals surface area contributed by atoms with Gasteiger partial charge in [0.05, 0.1) is 6.04 Å². The molecule has 0 aliphatic heterocycles. The first-order valence-electron chi connectivity index (χ1n) is 21.3. The van der Waals surface area contributed by atoms with Gasteiger partial charge in [0, 0.05) is 60.0 Å². The molecule has 14 N–H and O–H groups in total. The summed E-state index contributed by atoms with van der Waals surface area (Å²) >= 11 is 0. The van der Waals surface area contributed by atoms with E-state index in [0.29, 0.717) is 23.1 Å². The minimum Gasteiger partial charge on any atom is -0.480 e. The number of guanidine groups is 1. The summed E-state index contributed by atoms with van der Waals surface area (Å²) in [5.41, 5.74) is 20.6. The van der Waals surface area contributed by atoms with Gasteiger partial charge in [-0.25, -0.2) is 4.79 Å². The highest BCUT2D eigenvalue weighted by Crippen LogP contribution is 2.21. The maximum absolute atomic E-state index is 14.6. The van der Waals surface area contributed by atoms with Crippen LogP contribution in [0.2, 0.25) is 0 Å². The summed E-state index contributed by atoms with van der Waals surface area (Å²) in [6.45, 7) is 5.48. The number of aromatic amines is 2. The van der Waals surface area contributed by atoms with Crippen LogP contribution in [0.5, 0.6) is 0 Å². The van der Waals surface area contributed by atoms with E-state index < -0.39 is 71.8 Å². The van der Waals surface area contributed by atoms with E-state index in [2.05, 4.69) is 41.5 Å². The van der Waals surface area contributed by atoms with E-state index in [1.165, 1.54) is 6.92 Å². The van der Waals surface area contributed by atoms with Gasteiger partial charge < -0.3 is 58.9 Å². The quantitative estimate of drug-likeness (QED) is 0.0256. The van der Waals surface area contributed by atoms with Gasteiger partial charge in [-0.3, -0.25) is 29.0 Å². The predicted octanol–water partition coefficient (Wildman–Crippen LogP) is 1.63. The first kappa shape index (κ1) is 47.8. The monoisotopic (exact) mass is 877 g/mol. The molecule has 6 atom stereocenters. The molecular formula is C46H59N11O7. The van der Waals surface area contributed by atoms with Crippen LogP contribution >= 0.6 is 0 Å². The Kier molecular flexibility index (Phi) is 17.0. The fraction of sp³-hybridized carbons (Fsp3) is 0.370. The van der Waals surface area contributed by atoms with Crippen LogP contribution in [-0.2, 0) is 48.0 Å². The number of H-pyrrole nitrogens is 2. The molecule has 2 heterocycles. The second-order valence-electron chi connectivity index (χ2n) is 16.3. The molecule has 0 radical (unpaired) electrons. The van der Waals surface area contributed by atoms with Crippen LogP contribution in [0.4, 0.5) is 0 Å². The molecule has 2 aromatic heterocycles. The highest BCUT2D eigenvalue weighted by Gasteiger charge is 2.33. The molecule has 0 aliphatic rings. The summed E-state index contributed by atoms with van der Waals surface area (Å²) in [5.74, 6) is -4.70. The van der Waals surface area contributed by atoms with E-state index >= 15 is 0 Å². The van der Waals surface area contributed by atoms with Gasteiger partial charge in [0.15, 0.2) is 5.96 Å². The first-order chi connectivity index (χ1) is 30.6. The standard InChI is InChI=1S/C46H59N11O7/c1-26(2)20-33(47)41(59)53-27(3)40(58)55-38(22-29-24-51-34-16-9-7-14-31(29)34)44(62)56-37(21-28-12-5-4-6-13-28)42(60)57-39(23-30-25-52-35-17-10-8-15-32(30)35)43(61)54-36(45(63)64)18-11-19-50-46(48)49/h4-10,12-17,24-27,33,36-39,51-52H,11,18-23,47H2,1-3H3,(H,53,59)(H,54,61)(H,55,58)(H,56,62)(H,57,60)(H,63,64)(H4,48,49,50)/t27-,33-,36-,37-,38-,39-/m0/s1. The molecule has 0 unspecified atom stereocenters. The fourth-order valence-electron chi connectivity index (χ4n) is 7.39. The highest BCUT2D eigenvalue weighted by atomic mass is 16.4. The highest BCUT2D eigenvalue weighted by molar-refractivity contribution is 5.97. The number of rotatable bonds is 23. The Balaban J connectivity index is 1.43. The van der Waals surface area contributed by atoms with Gasteiger partial charge in [-0.2, -0.15) is 0 Å². The third kappa shape index (κ3) is 13.6. The number of hydrogen-bond donors (Lipinski definition) is 11. The SMILES string of the molecule is CC(C)C[C@H](N)C(=O)N[C@@H](C)C(=O)N[C@@H](Cc1c[nH]c2ccccc12)C(=O)N[C@@H](Cc1ccccc1)C(=O)N[C@@H](Cc1c[nH]c2ccccc12)C(=O)N[C@@H](CCCN=C(N)N)C(=O)O. The number of fused-ring (bicyclic) bond motifs is 2. The lowest BCUT2D eigenvalue weighted by atomic mass is 10.00. The zero-order valence-corrected chi connectivity index (χ0v) is 36.2. The molecule has 0 fully saturated rings. The van der Waals surface area contributed by atoms with E-state index in [1.54, 1.807) is 42.7 Å². The molecule has 0 saturated heterocycles. The molecule has 0 spiro atoms.